The molecule has 1 saturated heterocycles. The summed E-state index contributed by atoms with van der Waals surface area (Å²) in [6.07, 6.45) is 6.11. The number of nitrogens with zero attached hydrogens (tertiary/aromatic N) is 10. The Morgan fingerprint density at radius 2 is 2.07 bits per heavy atom. The number of fused-ring (bicyclic) bond motifs is 2. The maximum Gasteiger partial charge on any atom is 0.254 e. The Morgan fingerprint density at radius 3 is 2.89 bits per heavy atom. The summed E-state index contributed by atoms with van der Waals surface area (Å²) in [7, 11) is 2.08. The van der Waals surface area contributed by atoms with Crippen molar-refractivity contribution in [2.75, 3.05) is 29.9 Å². The third-order valence-electron chi connectivity index (χ3n) is 5.13. The molecule has 0 saturated carbocycles. The van der Waals surface area contributed by atoms with Gasteiger partial charge in [0, 0.05) is 50.7 Å². The zero-order valence-electron chi connectivity index (χ0n) is 15.5. The van der Waals surface area contributed by atoms with Gasteiger partial charge in [0.15, 0.2) is 5.82 Å². The highest BCUT2D eigenvalue weighted by molar-refractivity contribution is 5.66. The first kappa shape index (κ1) is 15.9. The fraction of sp³-hybridized carbons (Fsp3) is 0.412. The molecule has 138 valence electrons. The second-order valence-electron chi connectivity index (χ2n) is 6.81. The molecule has 4 aromatic heterocycles. The second-order valence-corrected chi connectivity index (χ2v) is 6.81. The van der Waals surface area contributed by atoms with Gasteiger partial charge in [-0.15, -0.1) is 10.2 Å². The van der Waals surface area contributed by atoms with Crippen LogP contribution in [0.15, 0.2) is 24.8 Å². The van der Waals surface area contributed by atoms with Gasteiger partial charge in [-0.25, -0.2) is 9.97 Å². The average molecular weight is 364 g/mol. The van der Waals surface area contributed by atoms with E-state index >= 15 is 0 Å². The van der Waals surface area contributed by atoms with E-state index in [9.17, 15) is 0 Å². The van der Waals surface area contributed by atoms with E-state index in [1.54, 1.807) is 4.52 Å². The molecule has 5 heterocycles. The molecule has 0 N–H and O–H groups in total. The van der Waals surface area contributed by atoms with Gasteiger partial charge >= 0.3 is 0 Å². The third-order valence-corrected chi connectivity index (χ3v) is 5.13. The van der Waals surface area contributed by atoms with E-state index in [-0.39, 0.29) is 0 Å². The highest BCUT2D eigenvalue weighted by Crippen LogP contribution is 2.27. The Kier molecular flexibility index (Phi) is 3.46. The van der Waals surface area contributed by atoms with Crippen LogP contribution in [0.5, 0.6) is 0 Å². The highest BCUT2D eigenvalue weighted by atomic mass is 15.4. The van der Waals surface area contributed by atoms with Crippen molar-refractivity contribution in [1.29, 1.82) is 0 Å². The second kappa shape index (κ2) is 5.86. The van der Waals surface area contributed by atoms with Crippen molar-refractivity contribution in [3.63, 3.8) is 0 Å². The lowest BCUT2D eigenvalue weighted by Gasteiger charge is -2.45. The predicted octanol–water partition coefficient (Wildman–Crippen LogP) is 0.758. The molecule has 1 fully saturated rings. The van der Waals surface area contributed by atoms with Crippen LogP contribution in [0.1, 0.15) is 18.4 Å². The van der Waals surface area contributed by atoms with Gasteiger partial charge in [0.2, 0.25) is 5.65 Å². The molecular formula is C17H20N10. The molecule has 0 radical (unpaired) electrons. The lowest BCUT2D eigenvalue weighted by Crippen LogP contribution is -2.59. The van der Waals surface area contributed by atoms with Crippen LogP contribution in [0.3, 0.4) is 0 Å². The molecule has 1 aliphatic rings. The van der Waals surface area contributed by atoms with Gasteiger partial charge in [-0.2, -0.15) is 14.6 Å². The van der Waals surface area contributed by atoms with Crippen molar-refractivity contribution >= 4 is 23.1 Å². The molecule has 27 heavy (non-hydrogen) atoms. The molecule has 0 unspecified atom stereocenters. The van der Waals surface area contributed by atoms with Gasteiger partial charge < -0.3 is 9.80 Å². The summed E-state index contributed by atoms with van der Waals surface area (Å²) in [6.45, 7) is 5.76. The molecule has 0 bridgehead atoms. The summed E-state index contributed by atoms with van der Waals surface area (Å²) in [5, 5.41) is 12.9. The Bertz CT molecular complexity index is 1120. The van der Waals surface area contributed by atoms with E-state index in [1.165, 1.54) is 6.33 Å². The number of aromatic nitrogens is 8. The Hall–Kier alpha value is -3.30. The van der Waals surface area contributed by atoms with Crippen LogP contribution in [-0.2, 0) is 6.42 Å². The first-order chi connectivity index (χ1) is 13.2. The van der Waals surface area contributed by atoms with Crippen LogP contribution in [0.25, 0.3) is 11.4 Å². The largest absolute Gasteiger partial charge is 0.353 e. The number of rotatable bonds is 4. The molecule has 0 atom stereocenters. The first-order valence-corrected chi connectivity index (χ1v) is 8.99. The highest BCUT2D eigenvalue weighted by Gasteiger charge is 2.34. The Labute approximate surface area is 155 Å². The van der Waals surface area contributed by atoms with Crippen LogP contribution in [-0.4, -0.2) is 65.3 Å². The molecule has 0 aliphatic carbocycles. The normalized spacial score (nSPS) is 14.9. The zero-order valence-corrected chi connectivity index (χ0v) is 15.5. The maximum absolute atomic E-state index is 4.55. The van der Waals surface area contributed by atoms with Gasteiger partial charge in [0.25, 0.3) is 5.78 Å². The molecule has 0 amide bonds. The van der Waals surface area contributed by atoms with Crippen LogP contribution >= 0.6 is 0 Å². The average Bonchev–Trinajstić information content (AvgIpc) is 3.26. The zero-order chi connectivity index (χ0) is 18.5. The van der Waals surface area contributed by atoms with Crippen molar-refractivity contribution in [1.82, 2.24) is 39.2 Å². The summed E-state index contributed by atoms with van der Waals surface area (Å²) in [5.74, 6) is 3.44. The van der Waals surface area contributed by atoms with Crippen molar-refractivity contribution in [3.8, 4) is 0 Å². The fourth-order valence-corrected chi connectivity index (χ4v) is 3.55. The van der Waals surface area contributed by atoms with Gasteiger partial charge in [-0.3, -0.25) is 4.40 Å². The van der Waals surface area contributed by atoms with Gasteiger partial charge in [-0.05, 0) is 6.92 Å². The van der Waals surface area contributed by atoms with Gasteiger partial charge in [-0.1, -0.05) is 6.92 Å². The van der Waals surface area contributed by atoms with Gasteiger partial charge in [0.1, 0.15) is 18.0 Å². The number of hydrogen-bond donors (Lipinski definition) is 0. The number of hydrogen-bond acceptors (Lipinski definition) is 8. The van der Waals surface area contributed by atoms with Crippen LogP contribution < -0.4 is 9.80 Å². The summed E-state index contributed by atoms with van der Waals surface area (Å²) in [4.78, 5) is 17.6. The summed E-state index contributed by atoms with van der Waals surface area (Å²) in [6, 6.07) is 2.38. The maximum atomic E-state index is 4.55. The van der Waals surface area contributed by atoms with E-state index in [0.29, 0.717) is 11.8 Å². The number of aryl methyl sites for hydroxylation is 2. The topological polar surface area (TPSA) is 92.6 Å². The standard InChI is InChI=1S/C17H20N10/c1-4-13-22-23-16-15(18-5-6-26(13)16)25-8-12(9-25)24(3)14-7-11(2)21-17-19-10-20-27(14)17/h5-7,10,12H,4,8-9H2,1-3H3. The lowest BCUT2D eigenvalue weighted by molar-refractivity contribution is 0.487. The lowest BCUT2D eigenvalue weighted by atomic mass is 10.1. The quantitative estimate of drug-likeness (QED) is 0.524. The van der Waals surface area contributed by atoms with E-state index in [4.69, 9.17) is 0 Å². The summed E-state index contributed by atoms with van der Waals surface area (Å²) in [5.41, 5.74) is 1.74. The minimum absolute atomic E-state index is 0.342. The fourth-order valence-electron chi connectivity index (χ4n) is 3.55. The molecule has 5 rings (SSSR count). The number of anilines is 2. The minimum atomic E-state index is 0.342. The van der Waals surface area contributed by atoms with Crippen LogP contribution in [0, 0.1) is 6.92 Å². The Balaban J connectivity index is 1.40. The van der Waals surface area contributed by atoms with E-state index in [2.05, 4.69) is 54.0 Å². The van der Waals surface area contributed by atoms with Crippen molar-refractivity contribution in [2.24, 2.45) is 0 Å². The number of likely N-dealkylation sites (N-methyl/N-ethyl adjacent to an activating group) is 1. The van der Waals surface area contributed by atoms with E-state index in [1.807, 2.05) is 29.8 Å². The van der Waals surface area contributed by atoms with Crippen molar-refractivity contribution in [3.05, 3.63) is 36.3 Å². The minimum Gasteiger partial charge on any atom is -0.353 e. The SMILES string of the molecule is CCc1nnc2c(N3CC(N(C)c4cc(C)nc5ncnn45)C3)nccn12. The summed E-state index contributed by atoms with van der Waals surface area (Å²) < 4.78 is 3.80. The van der Waals surface area contributed by atoms with E-state index in [0.717, 1.165) is 48.3 Å². The van der Waals surface area contributed by atoms with Crippen molar-refractivity contribution < 1.29 is 0 Å². The summed E-state index contributed by atoms with van der Waals surface area (Å²) >= 11 is 0. The van der Waals surface area contributed by atoms with Crippen LogP contribution in [0.4, 0.5) is 11.6 Å². The molecule has 10 heteroatoms. The molecular weight excluding hydrogens is 344 g/mol. The van der Waals surface area contributed by atoms with Gasteiger partial charge in [0.05, 0.1) is 6.04 Å². The molecule has 1 aliphatic heterocycles. The Morgan fingerprint density at radius 1 is 1.22 bits per heavy atom. The predicted molar refractivity (Wildman–Crippen MR) is 100 cm³/mol. The molecule has 0 aromatic carbocycles. The third kappa shape index (κ3) is 2.40. The molecule has 0 spiro atoms. The monoisotopic (exact) mass is 364 g/mol. The molecule has 4 aromatic rings. The van der Waals surface area contributed by atoms with Crippen LogP contribution in [0.2, 0.25) is 0 Å². The van der Waals surface area contributed by atoms with E-state index < -0.39 is 0 Å². The van der Waals surface area contributed by atoms with Crippen molar-refractivity contribution in [2.45, 2.75) is 26.3 Å². The first-order valence-electron chi connectivity index (χ1n) is 8.99. The molecule has 10 nitrogen and oxygen atoms in total. The smallest absolute Gasteiger partial charge is 0.254 e.